The Morgan fingerprint density at radius 1 is 1.29 bits per heavy atom. The predicted molar refractivity (Wildman–Crippen MR) is 93.6 cm³/mol. The maximum atomic E-state index is 5.99. The molecule has 1 fully saturated rings. The third kappa shape index (κ3) is 4.15. The van der Waals surface area contributed by atoms with Crippen molar-refractivity contribution in [1.82, 2.24) is 4.90 Å². The highest BCUT2D eigenvalue weighted by Gasteiger charge is 2.27. The second-order valence-electron chi connectivity index (χ2n) is 5.35. The second kappa shape index (κ2) is 7.20. The Labute approximate surface area is 142 Å². The summed E-state index contributed by atoms with van der Waals surface area (Å²) in [5.74, 6) is 2.24. The fraction of sp³-hybridized carbons (Fsp3) is 0.533. The number of hydrogen-bond donors (Lipinski definition) is 1. The van der Waals surface area contributed by atoms with Gasteiger partial charge < -0.3 is 20.1 Å². The molecule has 0 spiro atoms. The lowest BCUT2D eigenvalue weighted by Gasteiger charge is -2.17. The van der Waals surface area contributed by atoms with E-state index in [9.17, 15) is 0 Å². The van der Waals surface area contributed by atoms with E-state index < -0.39 is 0 Å². The quantitative estimate of drug-likeness (QED) is 0.479. The Morgan fingerprint density at radius 2 is 2.00 bits per heavy atom. The second-order valence-corrected chi connectivity index (χ2v) is 5.35. The van der Waals surface area contributed by atoms with Crippen LogP contribution in [-0.4, -0.2) is 37.2 Å². The van der Waals surface area contributed by atoms with Gasteiger partial charge in [0.1, 0.15) is 0 Å². The zero-order valence-electron chi connectivity index (χ0n) is 12.2. The Kier molecular flexibility index (Phi) is 5.55. The van der Waals surface area contributed by atoms with Crippen LogP contribution >= 0.6 is 24.0 Å². The van der Waals surface area contributed by atoms with Crippen molar-refractivity contribution in [2.45, 2.75) is 31.8 Å². The number of fused-ring (bicyclic) bond motifs is 1. The molecule has 0 unspecified atom stereocenters. The Hall–Kier alpha value is -1.18. The van der Waals surface area contributed by atoms with Gasteiger partial charge in [0, 0.05) is 19.5 Å². The number of nitrogens with zero attached hydrogens (tertiary/aromatic N) is 2. The molecule has 1 heterocycles. The minimum Gasteiger partial charge on any atom is -0.490 e. The smallest absolute Gasteiger partial charge is 0.191 e. The molecule has 2 aliphatic rings. The molecule has 0 radical (unpaired) electrons. The van der Waals surface area contributed by atoms with Gasteiger partial charge in [-0.1, -0.05) is 6.07 Å². The average molecular weight is 403 g/mol. The van der Waals surface area contributed by atoms with Crippen molar-refractivity contribution in [3.63, 3.8) is 0 Å². The number of nitrogens with two attached hydrogens (primary N) is 1. The van der Waals surface area contributed by atoms with Gasteiger partial charge in [-0.3, -0.25) is 0 Å². The Morgan fingerprint density at radius 3 is 2.71 bits per heavy atom. The minimum absolute atomic E-state index is 0. The van der Waals surface area contributed by atoms with Gasteiger partial charge in [0.2, 0.25) is 0 Å². The highest BCUT2D eigenvalue weighted by atomic mass is 127. The first-order valence-electron chi connectivity index (χ1n) is 7.15. The van der Waals surface area contributed by atoms with Crippen molar-refractivity contribution in [2.75, 3.05) is 20.3 Å². The predicted octanol–water partition coefficient (Wildman–Crippen LogP) is 2.37. The molecule has 1 saturated carbocycles. The Balaban J connectivity index is 0.00000161. The van der Waals surface area contributed by atoms with E-state index in [0.717, 1.165) is 23.5 Å². The summed E-state index contributed by atoms with van der Waals surface area (Å²) in [6, 6.07) is 6.55. The van der Waals surface area contributed by atoms with E-state index in [2.05, 4.69) is 9.89 Å². The summed E-state index contributed by atoms with van der Waals surface area (Å²) >= 11 is 0. The van der Waals surface area contributed by atoms with Crippen LogP contribution in [0.2, 0.25) is 0 Å². The summed E-state index contributed by atoms with van der Waals surface area (Å²) in [5.41, 5.74) is 7.07. The van der Waals surface area contributed by atoms with Crippen LogP contribution < -0.4 is 15.2 Å². The first-order valence-corrected chi connectivity index (χ1v) is 7.15. The Bertz CT molecular complexity index is 518. The van der Waals surface area contributed by atoms with E-state index in [-0.39, 0.29) is 24.0 Å². The van der Waals surface area contributed by atoms with E-state index in [1.165, 1.54) is 12.8 Å². The maximum absolute atomic E-state index is 5.99. The molecule has 2 N–H and O–H groups in total. The van der Waals surface area contributed by atoms with Gasteiger partial charge in [0.15, 0.2) is 17.5 Å². The number of guanidine groups is 1. The fourth-order valence-electron chi connectivity index (χ4n) is 2.24. The molecule has 6 heteroatoms. The molecular formula is C15H22IN3O2. The van der Waals surface area contributed by atoms with Gasteiger partial charge in [-0.2, -0.15) is 0 Å². The van der Waals surface area contributed by atoms with Gasteiger partial charge in [-0.15, -0.1) is 24.0 Å². The van der Waals surface area contributed by atoms with Crippen molar-refractivity contribution < 1.29 is 9.47 Å². The highest BCUT2D eigenvalue weighted by molar-refractivity contribution is 14.0. The van der Waals surface area contributed by atoms with Gasteiger partial charge in [-0.05, 0) is 30.5 Å². The van der Waals surface area contributed by atoms with Crippen LogP contribution in [0.3, 0.4) is 0 Å². The first kappa shape index (κ1) is 16.2. The molecule has 1 aliphatic heterocycles. The lowest BCUT2D eigenvalue weighted by atomic mass is 10.2. The summed E-state index contributed by atoms with van der Waals surface area (Å²) in [6.45, 7) is 1.98. The zero-order chi connectivity index (χ0) is 13.9. The fourth-order valence-corrected chi connectivity index (χ4v) is 2.24. The summed E-state index contributed by atoms with van der Waals surface area (Å²) in [6.07, 6.45) is 3.36. The number of ether oxygens (including phenoxy) is 2. The van der Waals surface area contributed by atoms with E-state index in [4.69, 9.17) is 15.2 Å². The van der Waals surface area contributed by atoms with Crippen molar-refractivity contribution in [3.8, 4) is 11.5 Å². The molecule has 21 heavy (non-hydrogen) atoms. The van der Waals surface area contributed by atoms with Gasteiger partial charge in [0.05, 0.1) is 19.8 Å². The number of aliphatic imine (C=N–C) groups is 1. The molecule has 0 bridgehead atoms. The molecule has 116 valence electrons. The van der Waals surface area contributed by atoms with Crippen molar-refractivity contribution in [2.24, 2.45) is 10.7 Å². The topological polar surface area (TPSA) is 60.1 Å². The van der Waals surface area contributed by atoms with Crippen LogP contribution in [0.5, 0.6) is 11.5 Å². The first-order chi connectivity index (χ1) is 9.74. The summed E-state index contributed by atoms with van der Waals surface area (Å²) < 4.78 is 11.3. The number of hydrogen-bond acceptors (Lipinski definition) is 3. The van der Waals surface area contributed by atoms with Crippen molar-refractivity contribution in [1.29, 1.82) is 0 Å². The number of halogens is 1. The molecule has 0 saturated heterocycles. The van der Waals surface area contributed by atoms with E-state index in [1.807, 2.05) is 25.2 Å². The summed E-state index contributed by atoms with van der Waals surface area (Å²) in [4.78, 5) is 6.51. The maximum Gasteiger partial charge on any atom is 0.191 e. The van der Waals surface area contributed by atoms with Gasteiger partial charge >= 0.3 is 0 Å². The van der Waals surface area contributed by atoms with Crippen LogP contribution in [0, 0.1) is 0 Å². The van der Waals surface area contributed by atoms with Crippen molar-refractivity contribution in [3.05, 3.63) is 23.8 Å². The molecule has 3 rings (SSSR count). The average Bonchev–Trinajstić information content (AvgIpc) is 3.29. The number of benzene rings is 1. The van der Waals surface area contributed by atoms with E-state index in [1.54, 1.807) is 0 Å². The third-order valence-corrected chi connectivity index (χ3v) is 3.69. The molecule has 1 aromatic rings. The van der Waals surface area contributed by atoms with Crippen LogP contribution in [0.25, 0.3) is 0 Å². The molecule has 0 amide bonds. The van der Waals surface area contributed by atoms with Gasteiger partial charge in [-0.25, -0.2) is 4.99 Å². The summed E-state index contributed by atoms with van der Waals surface area (Å²) in [5, 5.41) is 0. The molecule has 5 nitrogen and oxygen atoms in total. The third-order valence-electron chi connectivity index (χ3n) is 3.69. The highest BCUT2D eigenvalue weighted by Crippen LogP contribution is 2.30. The minimum atomic E-state index is 0. The van der Waals surface area contributed by atoms with E-state index >= 15 is 0 Å². The molecule has 1 aliphatic carbocycles. The molecule has 1 aromatic carbocycles. The summed E-state index contributed by atoms with van der Waals surface area (Å²) in [7, 11) is 2.00. The van der Waals surface area contributed by atoms with Crippen LogP contribution in [-0.2, 0) is 6.54 Å². The standard InChI is InChI=1S/C15H21N3O2.HI/c1-18(12-4-5-12)15(16)17-10-11-3-6-13-14(9-11)20-8-2-7-19-13;/h3,6,9,12H,2,4-5,7-8,10H2,1H3,(H2,16,17);1H. The lowest BCUT2D eigenvalue weighted by Crippen LogP contribution is -2.35. The molecule has 0 atom stereocenters. The molecule has 0 aromatic heterocycles. The monoisotopic (exact) mass is 403 g/mol. The number of rotatable bonds is 3. The zero-order valence-corrected chi connectivity index (χ0v) is 14.6. The van der Waals surface area contributed by atoms with Crippen LogP contribution in [0.4, 0.5) is 0 Å². The molecular weight excluding hydrogens is 381 g/mol. The van der Waals surface area contributed by atoms with Crippen LogP contribution in [0.15, 0.2) is 23.2 Å². The normalized spacial score (nSPS) is 17.7. The lowest BCUT2D eigenvalue weighted by molar-refractivity contribution is 0.297. The van der Waals surface area contributed by atoms with Crippen LogP contribution in [0.1, 0.15) is 24.8 Å². The SMILES string of the molecule is CN(C(N)=NCc1ccc2c(c1)OCCCO2)C1CC1.I. The van der Waals surface area contributed by atoms with E-state index in [0.29, 0.717) is 31.8 Å². The largest absolute Gasteiger partial charge is 0.490 e. The van der Waals surface area contributed by atoms with Gasteiger partial charge in [0.25, 0.3) is 0 Å². The van der Waals surface area contributed by atoms with Crippen molar-refractivity contribution >= 4 is 29.9 Å².